The maximum absolute atomic E-state index is 12.1. The third-order valence-electron chi connectivity index (χ3n) is 2.74. The van der Waals surface area contributed by atoms with Crippen LogP contribution in [0.15, 0.2) is 24.3 Å². The molecule has 0 fully saturated rings. The van der Waals surface area contributed by atoms with Gasteiger partial charge in [-0.2, -0.15) is 8.78 Å². The van der Waals surface area contributed by atoms with Crippen LogP contribution in [-0.4, -0.2) is 31.4 Å². The van der Waals surface area contributed by atoms with Crippen molar-refractivity contribution in [3.05, 3.63) is 29.8 Å². The van der Waals surface area contributed by atoms with Gasteiger partial charge in [0.15, 0.2) is 5.25 Å². The molecule has 1 rings (SSSR count). The van der Waals surface area contributed by atoms with Gasteiger partial charge in [0.2, 0.25) is 10.0 Å². The van der Waals surface area contributed by atoms with Crippen molar-refractivity contribution in [1.82, 2.24) is 4.72 Å². The van der Waals surface area contributed by atoms with Crippen LogP contribution in [0.4, 0.5) is 8.78 Å². The summed E-state index contributed by atoms with van der Waals surface area (Å²) in [5.74, 6) is -1.59. The predicted octanol–water partition coefficient (Wildman–Crippen LogP) is 1.74. The minimum absolute atomic E-state index is 0.111. The van der Waals surface area contributed by atoms with E-state index in [2.05, 4.69) is 9.46 Å². The summed E-state index contributed by atoms with van der Waals surface area (Å²) >= 11 is 0. The molecule has 0 spiro atoms. The van der Waals surface area contributed by atoms with Crippen molar-refractivity contribution >= 4 is 16.0 Å². The number of ether oxygens (including phenoxy) is 1. The molecule has 9 heteroatoms. The summed E-state index contributed by atoms with van der Waals surface area (Å²) in [4.78, 5) is 10.7. The summed E-state index contributed by atoms with van der Waals surface area (Å²) in [6.45, 7) is -0.485. The minimum atomic E-state index is -4.08. The number of benzene rings is 1. The summed E-state index contributed by atoms with van der Waals surface area (Å²) in [5, 5.41) is 7.10. The zero-order valence-corrected chi connectivity index (χ0v) is 12.1. The van der Waals surface area contributed by atoms with E-state index >= 15 is 0 Å². The predicted molar refractivity (Wildman–Crippen MR) is 70.6 cm³/mol. The van der Waals surface area contributed by atoms with Gasteiger partial charge in [-0.15, -0.1) is 0 Å². The summed E-state index contributed by atoms with van der Waals surface area (Å²) in [7, 11) is -4.08. The molecular weight excluding hydrogens is 308 g/mol. The van der Waals surface area contributed by atoms with Gasteiger partial charge < -0.3 is 9.84 Å². The topological polar surface area (TPSA) is 92.7 Å². The smallest absolute Gasteiger partial charge is 0.387 e. The molecule has 2 unspecified atom stereocenters. The van der Waals surface area contributed by atoms with E-state index in [0.29, 0.717) is 5.56 Å². The molecule has 6 nitrogen and oxygen atoms in total. The Bertz CT molecular complexity index is 605. The summed E-state index contributed by atoms with van der Waals surface area (Å²) in [5.41, 5.74) is 0.370. The molecule has 2 atom stereocenters. The number of carboxylic acids is 1. The Morgan fingerprint density at radius 3 is 2.48 bits per heavy atom. The fourth-order valence-electron chi connectivity index (χ4n) is 1.51. The standard InChI is InChI=1S/C12H15F2NO5S/c1-7(15-21(18,19)8(2)11(16)17)9-4-3-5-10(6-9)20-12(13)14/h3-8,12,15H,1-2H3,(H,16,17). The normalized spacial score (nSPS) is 14.7. The van der Waals surface area contributed by atoms with Crippen molar-refractivity contribution in [2.75, 3.05) is 0 Å². The van der Waals surface area contributed by atoms with Gasteiger partial charge in [0.1, 0.15) is 5.75 Å². The van der Waals surface area contributed by atoms with Crippen LogP contribution in [0.5, 0.6) is 5.75 Å². The number of rotatable bonds is 7. The van der Waals surface area contributed by atoms with Crippen LogP contribution in [0.1, 0.15) is 25.5 Å². The van der Waals surface area contributed by atoms with Crippen molar-refractivity contribution in [2.24, 2.45) is 0 Å². The monoisotopic (exact) mass is 323 g/mol. The first-order valence-corrected chi connectivity index (χ1v) is 7.47. The van der Waals surface area contributed by atoms with Gasteiger partial charge in [0.25, 0.3) is 0 Å². The number of hydrogen-bond donors (Lipinski definition) is 2. The molecule has 1 aromatic rings. The van der Waals surface area contributed by atoms with Gasteiger partial charge in [0, 0.05) is 6.04 Å². The van der Waals surface area contributed by atoms with Crippen LogP contribution >= 0.6 is 0 Å². The molecule has 1 aromatic carbocycles. The number of hydrogen-bond acceptors (Lipinski definition) is 4. The lowest BCUT2D eigenvalue weighted by Gasteiger charge is -2.17. The Morgan fingerprint density at radius 2 is 1.95 bits per heavy atom. The molecule has 0 bridgehead atoms. The Labute approximate surface area is 120 Å². The second kappa shape index (κ2) is 6.81. The average Bonchev–Trinajstić information content (AvgIpc) is 2.36. The van der Waals surface area contributed by atoms with E-state index in [1.54, 1.807) is 0 Å². The zero-order chi connectivity index (χ0) is 16.2. The second-order valence-electron chi connectivity index (χ2n) is 4.32. The Balaban J connectivity index is 2.89. The van der Waals surface area contributed by atoms with E-state index in [9.17, 15) is 22.0 Å². The largest absolute Gasteiger partial charge is 0.480 e. The molecule has 0 aliphatic rings. The molecule has 2 N–H and O–H groups in total. The number of carboxylic acid groups (broad SMARTS) is 1. The van der Waals surface area contributed by atoms with Crippen LogP contribution in [0.2, 0.25) is 0 Å². The first-order valence-electron chi connectivity index (χ1n) is 5.92. The lowest BCUT2D eigenvalue weighted by Crippen LogP contribution is -2.38. The van der Waals surface area contributed by atoms with Crippen LogP contribution in [0.25, 0.3) is 0 Å². The number of aliphatic carboxylic acids is 1. The van der Waals surface area contributed by atoms with Crippen molar-refractivity contribution < 1.29 is 31.8 Å². The maximum atomic E-state index is 12.1. The van der Waals surface area contributed by atoms with E-state index in [0.717, 1.165) is 6.92 Å². The highest BCUT2D eigenvalue weighted by Crippen LogP contribution is 2.21. The fourth-order valence-corrected chi connectivity index (χ4v) is 2.61. The third kappa shape index (κ3) is 4.94. The minimum Gasteiger partial charge on any atom is -0.480 e. The van der Waals surface area contributed by atoms with Gasteiger partial charge >= 0.3 is 12.6 Å². The van der Waals surface area contributed by atoms with E-state index in [1.165, 1.54) is 31.2 Å². The molecule has 0 amide bonds. The lowest BCUT2D eigenvalue weighted by molar-refractivity contribution is -0.136. The molecule has 0 heterocycles. The van der Waals surface area contributed by atoms with Crippen LogP contribution in [-0.2, 0) is 14.8 Å². The highest BCUT2D eigenvalue weighted by atomic mass is 32.2. The first-order chi connectivity index (χ1) is 9.63. The SMILES string of the molecule is CC(NS(=O)(=O)C(C)C(=O)O)c1cccc(OC(F)F)c1. The first kappa shape index (κ1) is 17.3. The Kier molecular flexibility index (Phi) is 5.62. The lowest BCUT2D eigenvalue weighted by atomic mass is 10.1. The average molecular weight is 323 g/mol. The Morgan fingerprint density at radius 1 is 1.33 bits per heavy atom. The van der Waals surface area contributed by atoms with E-state index in [4.69, 9.17) is 5.11 Å². The van der Waals surface area contributed by atoms with Gasteiger partial charge in [-0.1, -0.05) is 12.1 Å². The van der Waals surface area contributed by atoms with Crippen molar-refractivity contribution in [2.45, 2.75) is 31.8 Å². The number of carbonyl (C=O) groups is 1. The molecule has 0 aliphatic carbocycles. The van der Waals surface area contributed by atoms with Gasteiger partial charge in [0.05, 0.1) is 0 Å². The van der Waals surface area contributed by atoms with Crippen LogP contribution in [0, 0.1) is 0 Å². The Hall–Kier alpha value is -1.74. The van der Waals surface area contributed by atoms with Crippen LogP contribution in [0.3, 0.4) is 0 Å². The maximum Gasteiger partial charge on any atom is 0.387 e. The number of alkyl halides is 2. The second-order valence-corrected chi connectivity index (χ2v) is 6.35. The summed E-state index contributed by atoms with van der Waals surface area (Å²) in [6, 6.07) is 4.70. The van der Waals surface area contributed by atoms with E-state index in [1.807, 2.05) is 0 Å². The molecule has 21 heavy (non-hydrogen) atoms. The van der Waals surface area contributed by atoms with Gasteiger partial charge in [-0.25, -0.2) is 13.1 Å². The number of halogens is 2. The van der Waals surface area contributed by atoms with Gasteiger partial charge in [-0.05, 0) is 31.5 Å². The fraction of sp³-hybridized carbons (Fsp3) is 0.417. The van der Waals surface area contributed by atoms with E-state index < -0.39 is 33.9 Å². The molecule has 0 radical (unpaired) electrons. The third-order valence-corrected chi connectivity index (χ3v) is 4.55. The molecule has 0 saturated heterocycles. The highest BCUT2D eigenvalue weighted by molar-refractivity contribution is 7.90. The number of nitrogens with one attached hydrogen (secondary N) is 1. The molecular formula is C12H15F2NO5S. The highest BCUT2D eigenvalue weighted by Gasteiger charge is 2.29. The molecule has 0 saturated carbocycles. The van der Waals surface area contributed by atoms with E-state index in [-0.39, 0.29) is 5.75 Å². The van der Waals surface area contributed by atoms with Crippen LogP contribution < -0.4 is 9.46 Å². The molecule has 118 valence electrons. The molecule has 0 aliphatic heterocycles. The summed E-state index contributed by atoms with van der Waals surface area (Å²) in [6.07, 6.45) is 0. The summed E-state index contributed by atoms with van der Waals surface area (Å²) < 4.78 is 54.2. The van der Waals surface area contributed by atoms with Gasteiger partial charge in [-0.3, -0.25) is 4.79 Å². The zero-order valence-electron chi connectivity index (χ0n) is 11.3. The van der Waals surface area contributed by atoms with Crippen molar-refractivity contribution in [3.63, 3.8) is 0 Å². The van der Waals surface area contributed by atoms with Crippen molar-refractivity contribution in [1.29, 1.82) is 0 Å². The molecule has 0 aromatic heterocycles. The number of sulfonamides is 1. The quantitative estimate of drug-likeness (QED) is 0.797. The van der Waals surface area contributed by atoms with Crippen molar-refractivity contribution in [3.8, 4) is 5.75 Å².